The second-order valence-electron chi connectivity index (χ2n) is 7.19. The number of alkyl halides is 3. The normalized spacial score (nSPS) is 18.0. The first-order valence-electron chi connectivity index (χ1n) is 9.77. The molecule has 1 aromatic heterocycles. The Kier molecular flexibility index (Phi) is 10.9. The van der Waals surface area contributed by atoms with Crippen LogP contribution in [0.3, 0.4) is 0 Å². The Morgan fingerprint density at radius 2 is 2.03 bits per heavy atom. The monoisotopic (exact) mass is 566 g/mol. The summed E-state index contributed by atoms with van der Waals surface area (Å²) in [5, 5.41) is 6.53. The van der Waals surface area contributed by atoms with E-state index in [1.807, 2.05) is 19.1 Å². The topological polar surface area (TPSA) is 86.9 Å². The van der Waals surface area contributed by atoms with Crippen LogP contribution in [0.15, 0.2) is 27.8 Å². The predicted molar refractivity (Wildman–Crippen MR) is 120 cm³/mol. The van der Waals surface area contributed by atoms with Crippen LogP contribution in [0.5, 0.6) is 0 Å². The van der Waals surface area contributed by atoms with Crippen molar-refractivity contribution in [2.75, 3.05) is 26.2 Å². The third-order valence-electron chi connectivity index (χ3n) is 4.95. The van der Waals surface area contributed by atoms with E-state index in [0.717, 1.165) is 12.2 Å². The van der Waals surface area contributed by atoms with E-state index in [1.54, 1.807) is 6.26 Å². The highest BCUT2D eigenvalue weighted by atomic mass is 127. The van der Waals surface area contributed by atoms with Crippen molar-refractivity contribution in [3.05, 3.63) is 24.2 Å². The molecule has 1 aromatic rings. The number of nitrogens with zero attached hydrogens (tertiary/aromatic N) is 2. The number of rotatable bonds is 8. The van der Waals surface area contributed by atoms with Crippen LogP contribution in [0.25, 0.3) is 0 Å². The van der Waals surface area contributed by atoms with Crippen molar-refractivity contribution in [3.63, 3.8) is 0 Å². The first-order chi connectivity index (χ1) is 13.6. The van der Waals surface area contributed by atoms with E-state index < -0.39 is 15.5 Å². The maximum Gasteiger partial charge on any atom is 0.511 e. The molecule has 7 nitrogen and oxygen atoms in total. The van der Waals surface area contributed by atoms with Crippen molar-refractivity contribution in [1.82, 2.24) is 14.9 Å². The summed E-state index contributed by atoms with van der Waals surface area (Å²) in [5.41, 5.74) is -5.25. The van der Waals surface area contributed by atoms with Gasteiger partial charge in [0.15, 0.2) is 5.96 Å². The lowest BCUT2D eigenvalue weighted by atomic mass is 9.98. The smallest absolute Gasteiger partial charge is 0.469 e. The van der Waals surface area contributed by atoms with Crippen LogP contribution in [-0.4, -0.2) is 56.4 Å². The summed E-state index contributed by atoms with van der Waals surface area (Å²) in [7, 11) is -5.24. The zero-order chi connectivity index (χ0) is 21.5. The Bertz CT molecular complexity index is 749. The number of halogens is 4. The van der Waals surface area contributed by atoms with Gasteiger partial charge in [-0.3, -0.25) is 4.99 Å². The van der Waals surface area contributed by atoms with Gasteiger partial charge in [-0.15, -0.1) is 24.0 Å². The van der Waals surface area contributed by atoms with E-state index in [-0.39, 0.29) is 49.0 Å². The SMILES string of the molecule is CCC(C)NC(=NCC1CCN(S(=O)(=O)C(F)(F)F)CC1)NCCc1ccco1.I. The molecule has 2 N–H and O–H groups in total. The lowest BCUT2D eigenvalue weighted by molar-refractivity contribution is -0.0496. The largest absolute Gasteiger partial charge is 0.511 e. The standard InChI is InChI=1S/C18H29F3N4O3S.HI/c1-3-14(2)24-17(22-9-6-16-5-4-12-28-16)23-13-15-7-10-25(11-8-15)29(26,27)18(19,20)21;/h4-5,12,14-15H,3,6-11,13H2,1-2H3,(H2,22,23,24);1H. The summed E-state index contributed by atoms with van der Waals surface area (Å²) < 4.78 is 66.8. The van der Waals surface area contributed by atoms with E-state index in [1.165, 1.54) is 0 Å². The second-order valence-corrected chi connectivity index (χ2v) is 9.12. The van der Waals surface area contributed by atoms with E-state index in [9.17, 15) is 21.6 Å². The summed E-state index contributed by atoms with van der Waals surface area (Å²) in [4.78, 5) is 4.56. The summed E-state index contributed by atoms with van der Waals surface area (Å²) in [6, 6.07) is 3.93. The van der Waals surface area contributed by atoms with Gasteiger partial charge in [-0.05, 0) is 44.2 Å². The van der Waals surface area contributed by atoms with Crippen molar-refractivity contribution in [3.8, 4) is 0 Å². The molecule has 2 rings (SSSR count). The van der Waals surface area contributed by atoms with Crippen molar-refractivity contribution in [2.45, 2.75) is 51.1 Å². The number of hydrogen-bond acceptors (Lipinski definition) is 4. The molecule has 1 atom stereocenters. The molecule has 0 amide bonds. The minimum atomic E-state index is -5.25. The van der Waals surface area contributed by atoms with E-state index in [4.69, 9.17) is 4.42 Å². The third kappa shape index (κ3) is 7.91. The third-order valence-corrected chi connectivity index (χ3v) is 6.58. The van der Waals surface area contributed by atoms with Gasteiger partial charge in [0.2, 0.25) is 0 Å². The van der Waals surface area contributed by atoms with Crippen molar-refractivity contribution in [1.29, 1.82) is 0 Å². The lowest BCUT2D eigenvalue weighted by Crippen LogP contribution is -2.45. The molecule has 2 heterocycles. The molecule has 1 saturated heterocycles. The van der Waals surface area contributed by atoms with Crippen LogP contribution in [0.2, 0.25) is 0 Å². The molecule has 0 saturated carbocycles. The molecule has 0 aromatic carbocycles. The molecule has 174 valence electrons. The van der Waals surface area contributed by atoms with Crippen molar-refractivity contribution >= 4 is 40.0 Å². The Balaban J connectivity index is 0.00000450. The highest BCUT2D eigenvalue weighted by Crippen LogP contribution is 2.30. The fourth-order valence-electron chi connectivity index (χ4n) is 2.95. The Labute approximate surface area is 192 Å². The number of piperidine rings is 1. The minimum absolute atomic E-state index is 0. The van der Waals surface area contributed by atoms with Gasteiger partial charge in [-0.2, -0.15) is 17.5 Å². The first-order valence-corrected chi connectivity index (χ1v) is 11.2. The number of aliphatic imine (C=N–C) groups is 1. The summed E-state index contributed by atoms with van der Waals surface area (Å²) in [6.07, 6.45) is 3.92. The molecule has 12 heteroatoms. The van der Waals surface area contributed by atoms with E-state index in [2.05, 4.69) is 22.5 Å². The number of guanidine groups is 1. The number of furan rings is 1. The highest BCUT2D eigenvalue weighted by Gasteiger charge is 2.50. The summed E-state index contributed by atoms with van der Waals surface area (Å²) in [6.45, 7) is 4.85. The molecule has 0 aliphatic carbocycles. The molecule has 0 bridgehead atoms. The summed E-state index contributed by atoms with van der Waals surface area (Å²) in [5.74, 6) is 1.53. The second kappa shape index (κ2) is 12.1. The predicted octanol–water partition coefficient (Wildman–Crippen LogP) is 3.34. The average molecular weight is 566 g/mol. The fourth-order valence-corrected chi connectivity index (χ4v) is 3.93. The molecule has 1 unspecified atom stereocenters. The Morgan fingerprint density at radius 3 is 2.57 bits per heavy atom. The summed E-state index contributed by atoms with van der Waals surface area (Å²) >= 11 is 0. The first kappa shape index (κ1) is 27.0. The molecular formula is C18H30F3IN4O3S. The molecule has 1 aliphatic heterocycles. The Hall–Kier alpha value is -1.02. The van der Waals surface area contributed by atoms with Gasteiger partial charge in [0, 0.05) is 38.6 Å². The average Bonchev–Trinajstić information content (AvgIpc) is 3.18. The molecule has 30 heavy (non-hydrogen) atoms. The molecule has 0 spiro atoms. The molecule has 1 aliphatic rings. The minimum Gasteiger partial charge on any atom is -0.469 e. The van der Waals surface area contributed by atoms with Gasteiger partial charge < -0.3 is 15.1 Å². The van der Waals surface area contributed by atoms with Gasteiger partial charge in [-0.1, -0.05) is 6.92 Å². The van der Waals surface area contributed by atoms with Crippen molar-refractivity contribution in [2.24, 2.45) is 10.9 Å². The van der Waals surface area contributed by atoms with Gasteiger partial charge in [-0.25, -0.2) is 8.42 Å². The van der Waals surface area contributed by atoms with Crippen LogP contribution in [0, 0.1) is 5.92 Å². The van der Waals surface area contributed by atoms with Crippen LogP contribution in [-0.2, 0) is 16.4 Å². The fraction of sp³-hybridized carbons (Fsp3) is 0.722. The maximum atomic E-state index is 12.7. The zero-order valence-electron chi connectivity index (χ0n) is 17.1. The Morgan fingerprint density at radius 1 is 1.37 bits per heavy atom. The molecule has 1 fully saturated rings. The van der Waals surface area contributed by atoms with Gasteiger partial charge in [0.1, 0.15) is 5.76 Å². The number of hydrogen-bond donors (Lipinski definition) is 2. The lowest BCUT2D eigenvalue weighted by Gasteiger charge is -2.31. The quantitative estimate of drug-likeness (QED) is 0.287. The zero-order valence-corrected chi connectivity index (χ0v) is 20.3. The van der Waals surface area contributed by atoms with Crippen LogP contribution in [0.4, 0.5) is 13.2 Å². The van der Waals surface area contributed by atoms with Crippen LogP contribution < -0.4 is 10.6 Å². The van der Waals surface area contributed by atoms with E-state index in [0.29, 0.717) is 42.6 Å². The number of nitrogens with one attached hydrogen (secondary N) is 2. The van der Waals surface area contributed by atoms with Gasteiger partial charge in [0.05, 0.1) is 6.26 Å². The van der Waals surface area contributed by atoms with Crippen molar-refractivity contribution < 1.29 is 26.0 Å². The number of sulfonamides is 1. The van der Waals surface area contributed by atoms with Crippen LogP contribution in [0.1, 0.15) is 38.9 Å². The molecule has 0 radical (unpaired) electrons. The highest BCUT2D eigenvalue weighted by molar-refractivity contribution is 14.0. The van der Waals surface area contributed by atoms with Gasteiger partial charge >= 0.3 is 15.5 Å². The van der Waals surface area contributed by atoms with E-state index >= 15 is 0 Å². The van der Waals surface area contributed by atoms with Crippen LogP contribution >= 0.6 is 24.0 Å². The molecular weight excluding hydrogens is 536 g/mol. The van der Waals surface area contributed by atoms with Gasteiger partial charge in [0.25, 0.3) is 0 Å². The maximum absolute atomic E-state index is 12.7.